The normalized spacial score (nSPS) is 18.5. The highest BCUT2D eigenvalue weighted by atomic mass is 15.2. The van der Waals surface area contributed by atoms with Gasteiger partial charge >= 0.3 is 0 Å². The van der Waals surface area contributed by atoms with Crippen molar-refractivity contribution >= 4 is 22.8 Å². The molecule has 0 aliphatic heterocycles. The van der Waals surface area contributed by atoms with E-state index in [2.05, 4.69) is 46.8 Å². The third kappa shape index (κ3) is 2.97. The molecular weight excluding hydrogens is 348 g/mol. The number of anilines is 2. The number of nitrogen functional groups attached to an aromatic ring is 2. The van der Waals surface area contributed by atoms with Crippen LogP contribution in [0.1, 0.15) is 23.9 Å². The Balaban J connectivity index is 1.50. The van der Waals surface area contributed by atoms with Crippen molar-refractivity contribution in [3.63, 3.8) is 0 Å². The number of pyridine rings is 2. The zero-order chi connectivity index (χ0) is 19.3. The van der Waals surface area contributed by atoms with Crippen molar-refractivity contribution < 1.29 is 0 Å². The predicted molar refractivity (Wildman–Crippen MR) is 112 cm³/mol. The fourth-order valence-corrected chi connectivity index (χ4v) is 4.05. The monoisotopic (exact) mass is 370 g/mol. The van der Waals surface area contributed by atoms with Gasteiger partial charge < -0.3 is 16.0 Å². The molecule has 1 aliphatic rings. The molecule has 0 amide bonds. The molecular formula is C22H22N6. The van der Waals surface area contributed by atoms with Crippen molar-refractivity contribution in [2.24, 2.45) is 5.92 Å². The van der Waals surface area contributed by atoms with Gasteiger partial charge in [0.2, 0.25) is 0 Å². The lowest BCUT2D eigenvalue weighted by Crippen LogP contribution is -2.02. The molecule has 0 bridgehead atoms. The Morgan fingerprint density at radius 1 is 0.964 bits per heavy atom. The molecule has 5 rings (SSSR count). The Labute approximate surface area is 163 Å². The number of hydrogen-bond donors (Lipinski definition) is 2. The van der Waals surface area contributed by atoms with Crippen LogP contribution in [0.3, 0.4) is 0 Å². The van der Waals surface area contributed by atoms with Crippen LogP contribution in [0.15, 0.2) is 54.6 Å². The van der Waals surface area contributed by atoms with E-state index in [0.717, 1.165) is 41.1 Å². The Morgan fingerprint density at radius 3 is 2.46 bits per heavy atom. The lowest BCUT2D eigenvalue weighted by Gasteiger charge is -2.08. The predicted octanol–water partition coefficient (Wildman–Crippen LogP) is 3.77. The number of aryl methyl sites for hydroxylation is 1. The summed E-state index contributed by atoms with van der Waals surface area (Å²) in [5, 5.41) is 0. The van der Waals surface area contributed by atoms with Gasteiger partial charge in [0.1, 0.15) is 23.0 Å². The summed E-state index contributed by atoms with van der Waals surface area (Å²) in [4.78, 5) is 13.7. The van der Waals surface area contributed by atoms with Gasteiger partial charge in [0.05, 0.1) is 5.69 Å². The number of fused-ring (bicyclic) bond motifs is 1. The molecule has 3 aromatic heterocycles. The first-order chi connectivity index (χ1) is 13.6. The molecule has 4 aromatic rings. The molecule has 6 nitrogen and oxygen atoms in total. The summed E-state index contributed by atoms with van der Waals surface area (Å²) in [6, 6.07) is 18.7. The number of benzene rings is 1. The van der Waals surface area contributed by atoms with E-state index in [-0.39, 0.29) is 0 Å². The molecule has 1 aliphatic carbocycles. The quantitative estimate of drug-likeness (QED) is 0.570. The largest absolute Gasteiger partial charge is 0.384 e. The fourth-order valence-electron chi connectivity index (χ4n) is 4.05. The fraction of sp³-hybridized carbons (Fsp3) is 0.227. The van der Waals surface area contributed by atoms with E-state index in [4.69, 9.17) is 21.4 Å². The van der Waals surface area contributed by atoms with Crippen molar-refractivity contribution in [3.8, 4) is 11.3 Å². The topological polar surface area (TPSA) is 95.6 Å². The van der Waals surface area contributed by atoms with E-state index < -0.39 is 0 Å². The summed E-state index contributed by atoms with van der Waals surface area (Å²) in [5.41, 5.74) is 16.6. The van der Waals surface area contributed by atoms with E-state index in [1.807, 2.05) is 12.1 Å². The molecule has 6 heteroatoms. The zero-order valence-corrected chi connectivity index (χ0v) is 15.7. The average Bonchev–Trinajstić information content (AvgIpc) is 3.33. The van der Waals surface area contributed by atoms with Gasteiger partial charge in [-0.1, -0.05) is 30.3 Å². The second-order valence-corrected chi connectivity index (χ2v) is 7.53. The van der Waals surface area contributed by atoms with Crippen molar-refractivity contribution in [1.82, 2.24) is 19.5 Å². The van der Waals surface area contributed by atoms with Gasteiger partial charge in [-0.15, -0.1) is 0 Å². The average molecular weight is 370 g/mol. The molecule has 0 spiro atoms. The Morgan fingerprint density at radius 2 is 1.71 bits per heavy atom. The van der Waals surface area contributed by atoms with Crippen LogP contribution in [0.5, 0.6) is 0 Å². The van der Waals surface area contributed by atoms with E-state index in [1.54, 1.807) is 12.1 Å². The summed E-state index contributed by atoms with van der Waals surface area (Å²) >= 11 is 0. The molecule has 0 unspecified atom stereocenters. The Bertz CT molecular complexity index is 1140. The smallest absolute Gasteiger partial charge is 0.160 e. The van der Waals surface area contributed by atoms with E-state index in [1.165, 1.54) is 5.56 Å². The van der Waals surface area contributed by atoms with Crippen LogP contribution in [0.25, 0.3) is 22.4 Å². The third-order valence-corrected chi connectivity index (χ3v) is 5.43. The van der Waals surface area contributed by atoms with Crippen LogP contribution in [0, 0.1) is 12.8 Å². The maximum Gasteiger partial charge on any atom is 0.160 e. The Hall–Kier alpha value is -3.41. The van der Waals surface area contributed by atoms with Crippen molar-refractivity contribution in [2.45, 2.75) is 25.8 Å². The number of nitrogens with two attached hydrogens (primary N) is 2. The SMILES string of the molecule is Cc1nc2ccc(-c3cc(N)nc(N)c3)nc2n1[C@@H]1C[C@@H]1Cc1ccccc1. The lowest BCUT2D eigenvalue weighted by atomic mass is 10.1. The maximum absolute atomic E-state index is 5.86. The van der Waals surface area contributed by atoms with Crippen LogP contribution in [0.4, 0.5) is 11.6 Å². The number of imidazole rings is 1. The third-order valence-electron chi connectivity index (χ3n) is 5.43. The van der Waals surface area contributed by atoms with Gasteiger partial charge in [-0.25, -0.2) is 15.0 Å². The van der Waals surface area contributed by atoms with Crippen molar-refractivity contribution in [1.29, 1.82) is 0 Å². The minimum absolute atomic E-state index is 0.395. The van der Waals surface area contributed by atoms with E-state index in [9.17, 15) is 0 Å². The molecule has 1 aromatic carbocycles. The Kier molecular flexibility index (Phi) is 3.79. The summed E-state index contributed by atoms with van der Waals surface area (Å²) in [6.45, 7) is 2.06. The molecule has 0 radical (unpaired) electrons. The number of rotatable bonds is 4. The van der Waals surface area contributed by atoms with Crippen molar-refractivity contribution in [3.05, 3.63) is 66.0 Å². The molecule has 2 atom stereocenters. The lowest BCUT2D eigenvalue weighted by molar-refractivity contribution is 0.646. The molecule has 0 saturated heterocycles. The standard InChI is InChI=1S/C22H22N6/c1-13-25-18-8-7-17(15-11-20(23)27-21(24)12-15)26-22(18)28(13)19-10-16(19)9-14-5-3-2-4-6-14/h2-8,11-12,16,19H,9-10H2,1H3,(H4,23,24,27)/t16-,19+/m0/s1. The minimum atomic E-state index is 0.395. The highest BCUT2D eigenvalue weighted by molar-refractivity contribution is 5.77. The minimum Gasteiger partial charge on any atom is -0.384 e. The summed E-state index contributed by atoms with van der Waals surface area (Å²) in [7, 11) is 0. The second kappa shape index (κ2) is 6.34. The van der Waals surface area contributed by atoms with Gasteiger partial charge in [0, 0.05) is 11.6 Å². The van der Waals surface area contributed by atoms with Crippen LogP contribution in [-0.4, -0.2) is 19.5 Å². The van der Waals surface area contributed by atoms with Crippen molar-refractivity contribution in [2.75, 3.05) is 11.5 Å². The number of nitrogens with zero attached hydrogens (tertiary/aromatic N) is 4. The van der Waals surface area contributed by atoms with Gasteiger partial charge in [-0.2, -0.15) is 0 Å². The van der Waals surface area contributed by atoms with Gasteiger partial charge in [-0.05, 0) is 55.5 Å². The molecule has 28 heavy (non-hydrogen) atoms. The molecule has 1 saturated carbocycles. The van der Waals surface area contributed by atoms with Crippen LogP contribution < -0.4 is 11.5 Å². The summed E-state index contributed by atoms with van der Waals surface area (Å²) in [5.74, 6) is 2.42. The van der Waals surface area contributed by atoms with Crippen LogP contribution in [-0.2, 0) is 6.42 Å². The first-order valence-corrected chi connectivity index (χ1v) is 9.51. The second-order valence-electron chi connectivity index (χ2n) is 7.53. The van der Waals surface area contributed by atoms with Gasteiger partial charge in [-0.3, -0.25) is 0 Å². The molecule has 4 N–H and O–H groups in total. The summed E-state index contributed by atoms with van der Waals surface area (Å²) < 4.78 is 2.29. The number of aromatic nitrogens is 4. The molecule has 3 heterocycles. The highest BCUT2D eigenvalue weighted by Crippen LogP contribution is 2.47. The van der Waals surface area contributed by atoms with E-state index >= 15 is 0 Å². The van der Waals surface area contributed by atoms with Crippen LogP contribution >= 0.6 is 0 Å². The zero-order valence-electron chi connectivity index (χ0n) is 15.7. The van der Waals surface area contributed by atoms with E-state index in [0.29, 0.717) is 23.6 Å². The molecule has 1 fully saturated rings. The van der Waals surface area contributed by atoms with Gasteiger partial charge in [0.25, 0.3) is 0 Å². The highest BCUT2D eigenvalue weighted by Gasteiger charge is 2.40. The molecule has 140 valence electrons. The maximum atomic E-state index is 5.86. The number of hydrogen-bond acceptors (Lipinski definition) is 5. The summed E-state index contributed by atoms with van der Waals surface area (Å²) in [6.07, 6.45) is 2.24. The first kappa shape index (κ1) is 16.7. The van der Waals surface area contributed by atoms with Gasteiger partial charge in [0.15, 0.2) is 5.65 Å². The first-order valence-electron chi connectivity index (χ1n) is 9.51. The van der Waals surface area contributed by atoms with Crippen LogP contribution in [0.2, 0.25) is 0 Å².